The van der Waals surface area contributed by atoms with Crippen LogP contribution in [0.3, 0.4) is 0 Å². The Labute approximate surface area is 204 Å². The lowest BCUT2D eigenvalue weighted by molar-refractivity contribution is 0.102. The molecule has 0 bridgehead atoms. The van der Waals surface area contributed by atoms with Crippen molar-refractivity contribution in [3.63, 3.8) is 0 Å². The third-order valence-corrected chi connectivity index (χ3v) is 6.03. The van der Waals surface area contributed by atoms with E-state index in [0.717, 1.165) is 5.39 Å². The van der Waals surface area contributed by atoms with E-state index in [0.29, 0.717) is 54.6 Å². The number of anilines is 1. The number of hydrogen-bond donors (Lipinski definition) is 1. The van der Waals surface area contributed by atoms with Crippen molar-refractivity contribution >= 4 is 57.3 Å². The minimum atomic E-state index is -0.299. The molecule has 0 unspecified atom stereocenters. The van der Waals surface area contributed by atoms with Gasteiger partial charge in [-0.25, -0.2) is 4.98 Å². The van der Waals surface area contributed by atoms with Crippen LogP contribution in [0.5, 0.6) is 0 Å². The minimum Gasteiger partial charge on any atom is -0.454 e. The molecule has 2 aromatic heterocycles. The van der Waals surface area contributed by atoms with E-state index < -0.39 is 0 Å². The van der Waals surface area contributed by atoms with E-state index >= 15 is 0 Å². The minimum absolute atomic E-state index is 0.299. The van der Waals surface area contributed by atoms with Gasteiger partial charge in [-0.15, -0.1) is 0 Å². The first kappa shape index (κ1) is 21.5. The van der Waals surface area contributed by atoms with Crippen molar-refractivity contribution < 1.29 is 9.21 Å². The fourth-order valence-corrected chi connectivity index (χ4v) is 4.11. The monoisotopic (exact) mass is 492 g/mol. The Hall–Kier alpha value is -3.31. The van der Waals surface area contributed by atoms with Crippen molar-refractivity contribution in [1.29, 1.82) is 0 Å². The third kappa shape index (κ3) is 4.33. The SMILES string of the molecule is O=C(Nc1ccccc1Cl)c1cc(-c2ccc(-c3cc(Cl)ccc3Cl)o2)nc2ccccc12. The van der Waals surface area contributed by atoms with E-state index in [4.69, 9.17) is 44.2 Å². The molecule has 2 heterocycles. The Morgan fingerprint density at radius 1 is 0.788 bits per heavy atom. The van der Waals surface area contributed by atoms with Crippen molar-refractivity contribution in [2.24, 2.45) is 0 Å². The number of rotatable bonds is 4. The first-order valence-corrected chi connectivity index (χ1v) is 11.1. The van der Waals surface area contributed by atoms with E-state index in [1.807, 2.05) is 30.3 Å². The molecule has 0 aliphatic heterocycles. The summed E-state index contributed by atoms with van der Waals surface area (Å²) in [6.07, 6.45) is 0. The molecule has 0 spiro atoms. The number of nitrogens with one attached hydrogen (secondary N) is 1. The molecule has 5 rings (SSSR count). The van der Waals surface area contributed by atoms with Crippen LogP contribution in [-0.4, -0.2) is 10.9 Å². The van der Waals surface area contributed by atoms with E-state index in [1.165, 1.54) is 0 Å². The van der Waals surface area contributed by atoms with Crippen LogP contribution in [0, 0.1) is 0 Å². The Morgan fingerprint density at radius 2 is 1.55 bits per heavy atom. The van der Waals surface area contributed by atoms with Crippen molar-refractivity contribution in [3.8, 4) is 22.8 Å². The number of para-hydroxylation sites is 2. The number of pyridine rings is 1. The van der Waals surface area contributed by atoms with Crippen molar-refractivity contribution in [3.05, 3.63) is 106 Å². The number of furan rings is 1. The molecule has 0 aliphatic rings. The normalized spacial score (nSPS) is 11.0. The van der Waals surface area contributed by atoms with Crippen LogP contribution in [0.4, 0.5) is 5.69 Å². The largest absolute Gasteiger partial charge is 0.454 e. The number of fused-ring (bicyclic) bond motifs is 1. The molecule has 0 radical (unpaired) electrons. The van der Waals surface area contributed by atoms with Gasteiger partial charge in [0, 0.05) is 16.0 Å². The summed E-state index contributed by atoms with van der Waals surface area (Å²) in [4.78, 5) is 17.9. The van der Waals surface area contributed by atoms with Crippen molar-refractivity contribution in [1.82, 2.24) is 4.98 Å². The standard InChI is InChI=1S/C26H15Cl3N2O2/c27-15-9-10-19(28)18(13-15)24-11-12-25(33-24)23-14-17(16-5-1-3-7-21(16)30-23)26(32)31-22-8-4-2-6-20(22)29/h1-14H,(H,31,32). The quantitative estimate of drug-likeness (QED) is 0.273. The average molecular weight is 494 g/mol. The fourth-order valence-electron chi connectivity index (χ4n) is 3.55. The molecule has 1 N–H and O–H groups in total. The second-order valence-electron chi connectivity index (χ2n) is 7.29. The smallest absolute Gasteiger partial charge is 0.256 e. The van der Waals surface area contributed by atoms with Crippen LogP contribution in [0.15, 0.2) is 89.3 Å². The van der Waals surface area contributed by atoms with Gasteiger partial charge in [-0.1, -0.05) is 65.1 Å². The van der Waals surface area contributed by atoms with E-state index in [1.54, 1.807) is 54.6 Å². The van der Waals surface area contributed by atoms with Gasteiger partial charge < -0.3 is 9.73 Å². The Morgan fingerprint density at radius 3 is 2.39 bits per heavy atom. The molecular weight excluding hydrogens is 479 g/mol. The van der Waals surface area contributed by atoms with Gasteiger partial charge in [-0.3, -0.25) is 4.79 Å². The van der Waals surface area contributed by atoms with Gasteiger partial charge in [0.05, 0.1) is 26.8 Å². The molecule has 0 saturated heterocycles. The number of carbonyl (C=O) groups excluding carboxylic acids is 1. The molecule has 0 atom stereocenters. The number of nitrogens with zero attached hydrogens (tertiary/aromatic N) is 1. The van der Waals surface area contributed by atoms with Gasteiger partial charge in [0.25, 0.3) is 5.91 Å². The van der Waals surface area contributed by atoms with Gasteiger partial charge in [0.2, 0.25) is 0 Å². The molecule has 33 heavy (non-hydrogen) atoms. The number of carbonyl (C=O) groups is 1. The van der Waals surface area contributed by atoms with Crippen LogP contribution in [-0.2, 0) is 0 Å². The molecule has 3 aromatic carbocycles. The fraction of sp³-hybridized carbons (Fsp3) is 0. The number of halogens is 3. The lowest BCUT2D eigenvalue weighted by Gasteiger charge is -2.11. The summed E-state index contributed by atoms with van der Waals surface area (Å²) in [5, 5.41) is 5.13. The molecule has 4 nitrogen and oxygen atoms in total. The lowest BCUT2D eigenvalue weighted by Crippen LogP contribution is -2.13. The van der Waals surface area contributed by atoms with E-state index in [2.05, 4.69) is 5.32 Å². The third-order valence-electron chi connectivity index (χ3n) is 5.14. The molecule has 1 amide bonds. The Bertz CT molecular complexity index is 1510. The summed E-state index contributed by atoms with van der Waals surface area (Å²) in [6, 6.07) is 25.0. The second-order valence-corrected chi connectivity index (χ2v) is 8.55. The molecule has 0 aliphatic carbocycles. The summed E-state index contributed by atoms with van der Waals surface area (Å²) in [5.74, 6) is 0.751. The zero-order valence-corrected chi connectivity index (χ0v) is 19.2. The molecular formula is C26H15Cl3N2O2. The number of benzene rings is 3. The molecule has 0 saturated carbocycles. The van der Waals surface area contributed by atoms with Gasteiger partial charge in [-0.2, -0.15) is 0 Å². The Balaban J connectivity index is 1.58. The van der Waals surface area contributed by atoms with Gasteiger partial charge in [-0.05, 0) is 54.6 Å². The highest BCUT2D eigenvalue weighted by Crippen LogP contribution is 2.35. The van der Waals surface area contributed by atoms with Crippen molar-refractivity contribution in [2.75, 3.05) is 5.32 Å². The number of aromatic nitrogens is 1. The van der Waals surface area contributed by atoms with Crippen LogP contribution >= 0.6 is 34.8 Å². The van der Waals surface area contributed by atoms with Crippen LogP contribution in [0.1, 0.15) is 10.4 Å². The predicted octanol–water partition coefficient (Wildman–Crippen LogP) is 8.37. The van der Waals surface area contributed by atoms with Gasteiger partial charge in [0.1, 0.15) is 11.5 Å². The van der Waals surface area contributed by atoms with Crippen molar-refractivity contribution in [2.45, 2.75) is 0 Å². The number of hydrogen-bond acceptors (Lipinski definition) is 3. The predicted molar refractivity (Wildman–Crippen MR) is 134 cm³/mol. The lowest BCUT2D eigenvalue weighted by atomic mass is 10.1. The van der Waals surface area contributed by atoms with Crippen LogP contribution in [0.25, 0.3) is 33.7 Å². The summed E-state index contributed by atoms with van der Waals surface area (Å²) < 4.78 is 6.05. The number of amides is 1. The molecule has 5 aromatic rings. The molecule has 0 fully saturated rings. The van der Waals surface area contributed by atoms with Gasteiger partial charge >= 0.3 is 0 Å². The average Bonchev–Trinajstić information content (AvgIpc) is 3.31. The second kappa shape index (κ2) is 8.91. The maximum Gasteiger partial charge on any atom is 0.256 e. The van der Waals surface area contributed by atoms with E-state index in [9.17, 15) is 4.79 Å². The molecule has 162 valence electrons. The summed E-state index contributed by atoms with van der Waals surface area (Å²) in [5.41, 5.74) is 2.84. The zero-order chi connectivity index (χ0) is 22.9. The zero-order valence-electron chi connectivity index (χ0n) is 17.0. The Kier molecular flexibility index (Phi) is 5.81. The van der Waals surface area contributed by atoms with Crippen LogP contribution < -0.4 is 5.32 Å². The maximum atomic E-state index is 13.2. The van der Waals surface area contributed by atoms with Gasteiger partial charge in [0.15, 0.2) is 5.76 Å². The topological polar surface area (TPSA) is 55.1 Å². The summed E-state index contributed by atoms with van der Waals surface area (Å²) >= 11 is 18.7. The van der Waals surface area contributed by atoms with Crippen LogP contribution in [0.2, 0.25) is 15.1 Å². The first-order chi connectivity index (χ1) is 16.0. The summed E-state index contributed by atoms with van der Waals surface area (Å²) in [6.45, 7) is 0. The highest BCUT2D eigenvalue weighted by molar-refractivity contribution is 6.35. The summed E-state index contributed by atoms with van der Waals surface area (Å²) in [7, 11) is 0. The highest BCUT2D eigenvalue weighted by Gasteiger charge is 2.17. The maximum absolute atomic E-state index is 13.2. The van der Waals surface area contributed by atoms with E-state index in [-0.39, 0.29) is 5.91 Å². The molecule has 7 heteroatoms. The first-order valence-electron chi connectivity index (χ1n) is 10.0. The highest BCUT2D eigenvalue weighted by atomic mass is 35.5.